The van der Waals surface area contributed by atoms with E-state index in [4.69, 9.17) is 0 Å². The van der Waals surface area contributed by atoms with Crippen molar-refractivity contribution >= 4 is 40.1 Å². The summed E-state index contributed by atoms with van der Waals surface area (Å²) >= 11 is 2.27. The minimum atomic E-state index is -0.0195. The molecule has 3 nitrogen and oxygen atoms in total. The van der Waals surface area contributed by atoms with E-state index in [0.717, 1.165) is 33.9 Å². The normalized spacial score (nSPS) is 41.6. The molecular weight excluding hydrogens is 389 g/mol. The first-order valence-electron chi connectivity index (χ1n) is 8.22. The van der Waals surface area contributed by atoms with Gasteiger partial charge in [-0.25, -0.2) is 0 Å². The molecule has 6 atom stereocenters. The van der Waals surface area contributed by atoms with Gasteiger partial charge in [0.25, 0.3) is 0 Å². The zero-order chi connectivity index (χ0) is 15.2. The molecule has 4 heteroatoms. The van der Waals surface area contributed by atoms with Gasteiger partial charge in [-0.05, 0) is 90.1 Å². The topological polar surface area (TPSA) is 37.4 Å². The summed E-state index contributed by atoms with van der Waals surface area (Å²) in [7, 11) is 0. The van der Waals surface area contributed by atoms with Crippen LogP contribution < -0.4 is 4.90 Å². The lowest BCUT2D eigenvalue weighted by molar-refractivity contribution is -0.129. The van der Waals surface area contributed by atoms with E-state index in [-0.39, 0.29) is 23.7 Å². The minimum absolute atomic E-state index is 0.0195. The Kier molecular flexibility index (Phi) is 2.67. The summed E-state index contributed by atoms with van der Waals surface area (Å²) in [5.74, 6) is 2.56. The first kappa shape index (κ1) is 13.5. The van der Waals surface area contributed by atoms with Gasteiger partial charge in [-0.15, -0.1) is 0 Å². The van der Waals surface area contributed by atoms with Crippen LogP contribution in [0.1, 0.15) is 24.8 Å². The third kappa shape index (κ3) is 1.57. The van der Waals surface area contributed by atoms with E-state index in [1.165, 1.54) is 16.9 Å². The van der Waals surface area contributed by atoms with Crippen LogP contribution in [0.15, 0.2) is 18.2 Å². The molecule has 0 N–H and O–H groups in total. The van der Waals surface area contributed by atoms with Crippen molar-refractivity contribution in [1.29, 1.82) is 0 Å². The zero-order valence-electron chi connectivity index (χ0n) is 12.5. The molecule has 114 valence electrons. The van der Waals surface area contributed by atoms with E-state index in [2.05, 4.69) is 22.6 Å². The van der Waals surface area contributed by atoms with Crippen LogP contribution in [0.2, 0.25) is 0 Å². The second-order valence-electron chi connectivity index (χ2n) is 7.47. The highest BCUT2D eigenvalue weighted by atomic mass is 127. The van der Waals surface area contributed by atoms with Gasteiger partial charge in [0.2, 0.25) is 11.8 Å². The zero-order valence-corrected chi connectivity index (χ0v) is 14.6. The van der Waals surface area contributed by atoms with Crippen LogP contribution in [-0.4, -0.2) is 11.8 Å². The highest BCUT2D eigenvalue weighted by Crippen LogP contribution is 2.68. The molecule has 0 radical (unpaired) electrons. The Morgan fingerprint density at radius 1 is 1.00 bits per heavy atom. The Balaban J connectivity index is 1.57. The summed E-state index contributed by atoms with van der Waals surface area (Å²) in [6, 6.07) is 5.91. The number of amides is 2. The molecule has 2 bridgehead atoms. The predicted molar refractivity (Wildman–Crippen MR) is 91.2 cm³/mol. The number of imide groups is 1. The number of benzene rings is 1. The number of hydrogen-bond donors (Lipinski definition) is 0. The summed E-state index contributed by atoms with van der Waals surface area (Å²) in [6.07, 6.45) is 3.59. The third-order valence-corrected chi connectivity index (χ3v) is 7.72. The summed E-state index contributed by atoms with van der Waals surface area (Å²) in [6.45, 7) is 2.05. The molecule has 5 aliphatic rings. The van der Waals surface area contributed by atoms with Gasteiger partial charge in [-0.2, -0.15) is 0 Å². The van der Waals surface area contributed by atoms with Crippen LogP contribution in [-0.2, 0) is 9.59 Å². The number of hydrogen-bond acceptors (Lipinski definition) is 2. The van der Waals surface area contributed by atoms with Crippen molar-refractivity contribution in [3.63, 3.8) is 0 Å². The fraction of sp³-hybridized carbons (Fsp3) is 0.556. The second-order valence-corrected chi connectivity index (χ2v) is 8.63. The molecule has 1 saturated heterocycles. The highest BCUT2D eigenvalue weighted by Gasteiger charge is 2.68. The maximum Gasteiger partial charge on any atom is 0.237 e. The van der Waals surface area contributed by atoms with Crippen LogP contribution in [0.25, 0.3) is 0 Å². The molecule has 0 unspecified atom stereocenters. The van der Waals surface area contributed by atoms with Crippen LogP contribution >= 0.6 is 22.6 Å². The molecule has 0 aromatic heterocycles. The van der Waals surface area contributed by atoms with Gasteiger partial charge in [0.15, 0.2) is 0 Å². The molecule has 1 aliphatic heterocycles. The van der Waals surface area contributed by atoms with Gasteiger partial charge in [-0.1, -0.05) is 6.07 Å². The maximum atomic E-state index is 13.0. The largest absolute Gasteiger partial charge is 0.274 e. The van der Waals surface area contributed by atoms with E-state index in [9.17, 15) is 9.59 Å². The molecule has 0 spiro atoms. The van der Waals surface area contributed by atoms with Crippen LogP contribution in [0.3, 0.4) is 0 Å². The Morgan fingerprint density at radius 3 is 2.14 bits per heavy atom. The van der Waals surface area contributed by atoms with E-state index in [1.54, 1.807) is 0 Å². The monoisotopic (exact) mass is 407 g/mol. The number of rotatable bonds is 1. The number of carbonyl (C=O) groups excluding carboxylic acids is 2. The Bertz CT molecular complexity index is 681. The van der Waals surface area contributed by atoms with Crippen LogP contribution in [0.4, 0.5) is 5.69 Å². The van der Waals surface area contributed by atoms with E-state index in [0.29, 0.717) is 11.8 Å². The van der Waals surface area contributed by atoms with Crippen molar-refractivity contribution in [2.75, 3.05) is 4.90 Å². The predicted octanol–water partition coefficient (Wildman–Crippen LogP) is 3.38. The number of nitrogens with zero attached hydrogens (tertiary/aromatic N) is 1. The molecule has 5 fully saturated rings. The van der Waals surface area contributed by atoms with Crippen molar-refractivity contribution in [3.8, 4) is 0 Å². The summed E-state index contributed by atoms with van der Waals surface area (Å²) in [4.78, 5) is 27.5. The van der Waals surface area contributed by atoms with Gasteiger partial charge in [-0.3, -0.25) is 14.5 Å². The first-order chi connectivity index (χ1) is 10.6. The van der Waals surface area contributed by atoms with Gasteiger partial charge in [0, 0.05) is 3.57 Å². The molecule has 6 rings (SSSR count). The minimum Gasteiger partial charge on any atom is -0.274 e. The molecular formula is C18H18INO2. The van der Waals surface area contributed by atoms with Crippen molar-refractivity contribution in [2.45, 2.75) is 26.2 Å². The smallest absolute Gasteiger partial charge is 0.237 e. The van der Waals surface area contributed by atoms with Crippen molar-refractivity contribution in [2.24, 2.45) is 35.5 Å². The van der Waals surface area contributed by atoms with Gasteiger partial charge < -0.3 is 0 Å². The lowest BCUT2D eigenvalue weighted by Crippen LogP contribution is -2.43. The molecule has 22 heavy (non-hydrogen) atoms. The van der Waals surface area contributed by atoms with Gasteiger partial charge in [0.1, 0.15) is 0 Å². The number of carbonyl (C=O) groups is 2. The van der Waals surface area contributed by atoms with Crippen molar-refractivity contribution < 1.29 is 9.59 Å². The fourth-order valence-corrected chi connectivity index (χ4v) is 6.01. The average molecular weight is 407 g/mol. The lowest BCUT2D eigenvalue weighted by Gasteiger charge is -2.42. The summed E-state index contributed by atoms with van der Waals surface area (Å²) < 4.78 is 1.11. The first-order valence-corrected chi connectivity index (χ1v) is 9.30. The number of halogens is 1. The molecule has 4 saturated carbocycles. The number of fused-ring (bicyclic) bond motifs is 1. The van der Waals surface area contributed by atoms with Crippen LogP contribution in [0.5, 0.6) is 0 Å². The number of aryl methyl sites for hydroxylation is 1. The lowest BCUT2D eigenvalue weighted by atomic mass is 9.59. The standard InChI is InChI=1S/C18H18INO2/c1-8-2-3-9(6-14(8)19)20-17(21)15-10-4-5-11(13-7-12(10)13)16(15)18(20)22/h2-3,6,10-13,15-16H,4-5,7H2,1H3/t10-,11+,12+,13-,15-,16+. The van der Waals surface area contributed by atoms with E-state index < -0.39 is 0 Å². The van der Waals surface area contributed by atoms with E-state index >= 15 is 0 Å². The van der Waals surface area contributed by atoms with Gasteiger partial charge in [0.05, 0.1) is 17.5 Å². The average Bonchev–Trinajstić information content (AvgIpc) is 3.28. The Labute approximate surface area is 143 Å². The molecule has 2 amide bonds. The Morgan fingerprint density at radius 2 is 1.59 bits per heavy atom. The highest BCUT2D eigenvalue weighted by molar-refractivity contribution is 14.1. The van der Waals surface area contributed by atoms with Crippen LogP contribution in [0, 0.1) is 46.0 Å². The molecule has 1 aromatic carbocycles. The second kappa shape index (κ2) is 4.34. The number of anilines is 1. The van der Waals surface area contributed by atoms with Crippen molar-refractivity contribution in [3.05, 3.63) is 27.3 Å². The quantitative estimate of drug-likeness (QED) is 0.529. The third-order valence-electron chi connectivity index (χ3n) is 6.56. The summed E-state index contributed by atoms with van der Waals surface area (Å²) in [5, 5.41) is 0. The maximum absolute atomic E-state index is 13.0. The SMILES string of the molecule is Cc1ccc(N2C(=O)[C@@H]3[C@@H]4CC[C@@H]([C@H]5C[C@H]54)[C@@H]3C2=O)cc1I. The molecule has 4 aliphatic carbocycles. The van der Waals surface area contributed by atoms with Crippen molar-refractivity contribution in [1.82, 2.24) is 0 Å². The Hall–Kier alpha value is -0.910. The van der Waals surface area contributed by atoms with E-state index in [1.807, 2.05) is 25.1 Å². The molecule has 1 aromatic rings. The van der Waals surface area contributed by atoms with Gasteiger partial charge >= 0.3 is 0 Å². The summed E-state index contributed by atoms with van der Waals surface area (Å²) in [5.41, 5.74) is 1.95. The fourth-order valence-electron chi connectivity index (χ4n) is 5.51. The molecule has 1 heterocycles.